The molecular weight excluding hydrogens is 336 g/mol. The molecule has 2 heterocycles. The fourth-order valence-electron chi connectivity index (χ4n) is 4.29. The third-order valence-corrected chi connectivity index (χ3v) is 5.49. The van der Waals surface area contributed by atoms with Crippen molar-refractivity contribution in [3.8, 4) is 0 Å². The molecule has 0 unspecified atom stereocenters. The smallest absolute Gasteiger partial charge is 0.242 e. The largest absolute Gasteiger partial charge is 0.377 e. The van der Waals surface area contributed by atoms with E-state index in [0.29, 0.717) is 5.69 Å². The van der Waals surface area contributed by atoms with E-state index in [2.05, 4.69) is 5.32 Å². The molecule has 3 aromatic rings. The number of amides is 2. The SMILES string of the molecule is O=C1[C@@H]2[C@H](C(=O)N1c1ccccc1)c1ccccc1N[C@H]2c1ccccc1. The van der Waals surface area contributed by atoms with E-state index in [9.17, 15) is 9.59 Å². The van der Waals surface area contributed by atoms with Gasteiger partial charge in [0.05, 0.1) is 23.6 Å². The van der Waals surface area contributed by atoms with Crippen molar-refractivity contribution >= 4 is 23.2 Å². The summed E-state index contributed by atoms with van der Waals surface area (Å²) in [5.74, 6) is -1.23. The van der Waals surface area contributed by atoms with Gasteiger partial charge in [0.25, 0.3) is 0 Å². The molecule has 1 fully saturated rings. The first kappa shape index (κ1) is 15.8. The Balaban J connectivity index is 1.67. The van der Waals surface area contributed by atoms with Crippen LogP contribution in [0.3, 0.4) is 0 Å². The average molecular weight is 354 g/mol. The Morgan fingerprint density at radius 1 is 0.704 bits per heavy atom. The lowest BCUT2D eigenvalue weighted by Crippen LogP contribution is -2.35. The van der Waals surface area contributed by atoms with Crippen LogP contribution in [0.15, 0.2) is 84.9 Å². The van der Waals surface area contributed by atoms with E-state index < -0.39 is 11.8 Å². The van der Waals surface area contributed by atoms with Crippen LogP contribution < -0.4 is 10.2 Å². The van der Waals surface area contributed by atoms with Gasteiger partial charge in [0, 0.05) is 5.69 Å². The number of nitrogens with zero attached hydrogens (tertiary/aromatic N) is 1. The number of fused-ring (bicyclic) bond motifs is 3. The van der Waals surface area contributed by atoms with E-state index >= 15 is 0 Å². The number of nitrogens with one attached hydrogen (secondary N) is 1. The highest BCUT2D eigenvalue weighted by atomic mass is 16.2. The van der Waals surface area contributed by atoms with Gasteiger partial charge in [0.2, 0.25) is 11.8 Å². The van der Waals surface area contributed by atoms with Crippen molar-refractivity contribution < 1.29 is 9.59 Å². The fraction of sp³-hybridized carbons (Fsp3) is 0.130. The van der Waals surface area contributed by atoms with Crippen molar-refractivity contribution in [3.05, 3.63) is 96.1 Å². The predicted octanol–water partition coefficient (Wildman–Crippen LogP) is 4.13. The standard InChI is InChI=1S/C23H18N2O2/c26-22-19-17-13-7-8-14-18(17)24-21(15-9-3-1-4-10-15)20(19)23(27)25(22)16-11-5-2-6-12-16/h1-14,19-21,24H/t19-,20-,21+/m1/s1. The minimum atomic E-state index is -0.472. The van der Waals surface area contributed by atoms with E-state index in [1.165, 1.54) is 4.90 Å². The normalized spacial score (nSPS) is 23.6. The molecule has 0 spiro atoms. The molecule has 0 saturated carbocycles. The number of carbonyl (C=O) groups is 2. The maximum absolute atomic E-state index is 13.4. The van der Waals surface area contributed by atoms with Crippen LogP contribution in [0.2, 0.25) is 0 Å². The van der Waals surface area contributed by atoms with Gasteiger partial charge in [-0.3, -0.25) is 9.59 Å². The second-order valence-electron chi connectivity index (χ2n) is 6.97. The Morgan fingerprint density at radius 2 is 1.33 bits per heavy atom. The summed E-state index contributed by atoms with van der Waals surface area (Å²) in [5.41, 5.74) is 3.46. The van der Waals surface area contributed by atoms with Crippen LogP contribution in [-0.2, 0) is 9.59 Å². The summed E-state index contributed by atoms with van der Waals surface area (Å²) in [7, 11) is 0. The maximum Gasteiger partial charge on any atom is 0.242 e. The highest BCUT2D eigenvalue weighted by molar-refractivity contribution is 6.24. The van der Waals surface area contributed by atoms with Crippen LogP contribution in [0.4, 0.5) is 11.4 Å². The van der Waals surface area contributed by atoms with E-state index in [4.69, 9.17) is 0 Å². The van der Waals surface area contributed by atoms with E-state index in [-0.39, 0.29) is 17.9 Å². The lowest BCUT2D eigenvalue weighted by molar-refractivity contribution is -0.122. The molecular formula is C23H18N2O2. The number of carbonyl (C=O) groups excluding carboxylic acids is 2. The lowest BCUT2D eigenvalue weighted by atomic mass is 9.77. The Kier molecular flexibility index (Phi) is 3.57. The number of benzene rings is 3. The number of rotatable bonds is 2. The molecule has 3 atom stereocenters. The zero-order valence-electron chi connectivity index (χ0n) is 14.6. The van der Waals surface area contributed by atoms with E-state index in [0.717, 1.165) is 16.8 Å². The number of anilines is 2. The highest BCUT2D eigenvalue weighted by Crippen LogP contribution is 2.50. The molecule has 3 aromatic carbocycles. The number of para-hydroxylation sites is 2. The first-order valence-corrected chi connectivity index (χ1v) is 9.09. The molecule has 0 radical (unpaired) electrons. The minimum absolute atomic E-state index is 0.146. The lowest BCUT2D eigenvalue weighted by Gasteiger charge is -2.34. The van der Waals surface area contributed by atoms with Crippen molar-refractivity contribution in [2.75, 3.05) is 10.2 Å². The van der Waals surface area contributed by atoms with Gasteiger partial charge in [0.15, 0.2) is 0 Å². The van der Waals surface area contributed by atoms with Crippen molar-refractivity contribution in [3.63, 3.8) is 0 Å². The Hall–Kier alpha value is -3.40. The summed E-state index contributed by atoms with van der Waals surface area (Å²) in [6, 6.07) is 26.6. The topological polar surface area (TPSA) is 49.4 Å². The zero-order chi connectivity index (χ0) is 18.4. The summed E-state index contributed by atoms with van der Waals surface area (Å²) in [6.07, 6.45) is 0. The quantitative estimate of drug-likeness (QED) is 0.704. The van der Waals surface area contributed by atoms with Crippen LogP contribution in [0.1, 0.15) is 23.1 Å². The second-order valence-corrected chi connectivity index (χ2v) is 6.97. The molecule has 0 aromatic heterocycles. The van der Waals surface area contributed by atoms with Crippen LogP contribution in [0, 0.1) is 5.92 Å². The molecule has 0 bridgehead atoms. The molecule has 4 nitrogen and oxygen atoms in total. The van der Waals surface area contributed by atoms with Crippen LogP contribution in [-0.4, -0.2) is 11.8 Å². The molecule has 1 N–H and O–H groups in total. The third-order valence-electron chi connectivity index (χ3n) is 5.49. The second kappa shape index (κ2) is 6.09. The summed E-state index contributed by atoms with van der Waals surface area (Å²) in [6.45, 7) is 0. The molecule has 2 aliphatic heterocycles. The Bertz CT molecular complexity index is 1020. The predicted molar refractivity (Wildman–Crippen MR) is 104 cm³/mol. The summed E-state index contributed by atoms with van der Waals surface area (Å²) >= 11 is 0. The average Bonchev–Trinajstić information content (AvgIpc) is 3.00. The highest BCUT2D eigenvalue weighted by Gasteiger charge is 2.55. The van der Waals surface area contributed by atoms with Crippen LogP contribution in [0.25, 0.3) is 0 Å². The van der Waals surface area contributed by atoms with Gasteiger partial charge in [-0.25, -0.2) is 4.90 Å². The summed E-state index contributed by atoms with van der Waals surface area (Å²) < 4.78 is 0. The van der Waals surface area contributed by atoms with Gasteiger partial charge in [-0.05, 0) is 29.3 Å². The van der Waals surface area contributed by atoms with Gasteiger partial charge in [-0.2, -0.15) is 0 Å². The van der Waals surface area contributed by atoms with Crippen LogP contribution >= 0.6 is 0 Å². The molecule has 2 amide bonds. The zero-order valence-corrected chi connectivity index (χ0v) is 14.6. The van der Waals surface area contributed by atoms with Crippen molar-refractivity contribution in [2.24, 2.45) is 5.92 Å². The van der Waals surface area contributed by atoms with Crippen molar-refractivity contribution in [2.45, 2.75) is 12.0 Å². The van der Waals surface area contributed by atoms with E-state index in [1.54, 1.807) is 0 Å². The fourth-order valence-corrected chi connectivity index (χ4v) is 4.29. The van der Waals surface area contributed by atoms with E-state index in [1.807, 2.05) is 84.9 Å². The van der Waals surface area contributed by atoms with Crippen LogP contribution in [0.5, 0.6) is 0 Å². The number of hydrogen-bond acceptors (Lipinski definition) is 3. The monoisotopic (exact) mass is 354 g/mol. The van der Waals surface area contributed by atoms with Gasteiger partial charge in [-0.1, -0.05) is 66.7 Å². The molecule has 132 valence electrons. The molecule has 5 rings (SSSR count). The van der Waals surface area contributed by atoms with Crippen molar-refractivity contribution in [1.29, 1.82) is 0 Å². The van der Waals surface area contributed by atoms with Gasteiger partial charge in [-0.15, -0.1) is 0 Å². The minimum Gasteiger partial charge on any atom is -0.377 e. The first-order valence-electron chi connectivity index (χ1n) is 9.09. The van der Waals surface area contributed by atoms with Gasteiger partial charge in [0.1, 0.15) is 0 Å². The Labute approximate surface area is 157 Å². The summed E-state index contributed by atoms with van der Waals surface area (Å²) in [4.78, 5) is 28.1. The Morgan fingerprint density at radius 3 is 2.07 bits per heavy atom. The number of imide groups is 1. The van der Waals surface area contributed by atoms with Crippen molar-refractivity contribution in [1.82, 2.24) is 0 Å². The maximum atomic E-state index is 13.4. The molecule has 27 heavy (non-hydrogen) atoms. The van der Waals surface area contributed by atoms with Gasteiger partial charge < -0.3 is 5.32 Å². The van der Waals surface area contributed by atoms with Gasteiger partial charge >= 0.3 is 0 Å². The summed E-state index contributed by atoms with van der Waals surface area (Å²) in [5, 5.41) is 3.51. The first-order chi connectivity index (χ1) is 13.3. The molecule has 2 aliphatic rings. The molecule has 0 aliphatic carbocycles. The molecule has 1 saturated heterocycles. The third kappa shape index (κ3) is 2.37. The molecule has 4 heteroatoms. The number of hydrogen-bond donors (Lipinski definition) is 1.